The van der Waals surface area contributed by atoms with Gasteiger partial charge in [-0.15, -0.1) is 5.10 Å². The number of aryl methyl sites for hydroxylation is 1. The highest BCUT2D eigenvalue weighted by Crippen LogP contribution is 2.11. The van der Waals surface area contributed by atoms with Crippen LogP contribution in [0, 0.1) is 3.57 Å². The lowest BCUT2D eigenvalue weighted by Gasteiger charge is -2.03. The van der Waals surface area contributed by atoms with Gasteiger partial charge in [0.1, 0.15) is 5.69 Å². The third kappa shape index (κ3) is 3.95. The van der Waals surface area contributed by atoms with Crippen LogP contribution in [0.2, 0.25) is 0 Å². The molecule has 2 N–H and O–H groups in total. The molecule has 0 saturated heterocycles. The molecule has 1 aromatic carbocycles. The van der Waals surface area contributed by atoms with Gasteiger partial charge in [0.25, 0.3) is 0 Å². The van der Waals surface area contributed by atoms with Gasteiger partial charge in [-0.3, -0.25) is 4.68 Å². The third-order valence-electron chi connectivity index (χ3n) is 2.45. The highest BCUT2D eigenvalue weighted by molar-refractivity contribution is 14.1. The van der Waals surface area contributed by atoms with Crippen molar-refractivity contribution in [1.29, 1.82) is 0 Å². The van der Waals surface area contributed by atoms with E-state index in [1.807, 2.05) is 18.3 Å². The fraction of sp³-hybridized carbons (Fsp3) is 0.333. The first-order chi connectivity index (χ1) is 8.78. The summed E-state index contributed by atoms with van der Waals surface area (Å²) < 4.78 is 2.97. The average molecular weight is 358 g/mol. The molecule has 2 aromatic rings. The van der Waals surface area contributed by atoms with Crippen molar-refractivity contribution in [3.05, 3.63) is 39.7 Å². The lowest BCUT2D eigenvalue weighted by Crippen LogP contribution is -2.01. The molecule has 0 amide bonds. The van der Waals surface area contributed by atoms with E-state index in [4.69, 9.17) is 5.11 Å². The molecule has 0 radical (unpaired) electrons. The Morgan fingerprint density at radius 2 is 2.06 bits per heavy atom. The number of nitrogens with zero attached hydrogens (tertiary/aromatic N) is 3. The molecule has 6 heteroatoms. The minimum absolute atomic E-state index is 0.177. The van der Waals surface area contributed by atoms with Crippen molar-refractivity contribution in [3.63, 3.8) is 0 Å². The predicted octanol–water partition coefficient (Wildman–Crippen LogP) is 1.88. The summed E-state index contributed by atoms with van der Waals surface area (Å²) in [7, 11) is 0. The van der Waals surface area contributed by atoms with E-state index in [-0.39, 0.29) is 6.61 Å². The molecule has 0 unspecified atom stereocenters. The van der Waals surface area contributed by atoms with E-state index in [2.05, 4.69) is 50.4 Å². The van der Waals surface area contributed by atoms with Gasteiger partial charge in [-0.25, -0.2) is 0 Å². The molecule has 18 heavy (non-hydrogen) atoms. The molecule has 0 spiro atoms. The zero-order valence-electron chi connectivity index (χ0n) is 9.88. The smallest absolute Gasteiger partial charge is 0.102 e. The molecular weight excluding hydrogens is 343 g/mol. The van der Waals surface area contributed by atoms with Crippen LogP contribution in [0.25, 0.3) is 0 Å². The van der Waals surface area contributed by atoms with Gasteiger partial charge < -0.3 is 10.4 Å². The standard InChI is InChI=1S/C12H15IN4O/c13-10-2-4-11(5-3-10)14-8-12-9-17(16-15-12)6-1-7-18/h2-5,9,14,18H,1,6-8H2. The Labute approximate surface area is 119 Å². The van der Waals surface area contributed by atoms with Crippen LogP contribution in [0.4, 0.5) is 5.69 Å². The maximum atomic E-state index is 8.73. The summed E-state index contributed by atoms with van der Waals surface area (Å²) in [6, 6.07) is 8.19. The topological polar surface area (TPSA) is 63.0 Å². The van der Waals surface area contributed by atoms with Crippen LogP contribution in [0.15, 0.2) is 30.5 Å². The van der Waals surface area contributed by atoms with Crippen molar-refractivity contribution in [2.75, 3.05) is 11.9 Å². The first-order valence-electron chi connectivity index (χ1n) is 5.77. The second-order valence-electron chi connectivity index (χ2n) is 3.91. The number of rotatable bonds is 6. The van der Waals surface area contributed by atoms with E-state index in [1.54, 1.807) is 4.68 Å². The molecule has 0 bridgehead atoms. The second kappa shape index (κ2) is 6.69. The Morgan fingerprint density at radius 3 is 2.78 bits per heavy atom. The molecule has 1 heterocycles. The largest absolute Gasteiger partial charge is 0.396 e. The number of hydrogen-bond acceptors (Lipinski definition) is 4. The van der Waals surface area contributed by atoms with Crippen molar-refractivity contribution in [1.82, 2.24) is 15.0 Å². The zero-order chi connectivity index (χ0) is 12.8. The van der Waals surface area contributed by atoms with E-state index in [1.165, 1.54) is 3.57 Å². The lowest BCUT2D eigenvalue weighted by molar-refractivity contribution is 0.276. The summed E-state index contributed by atoms with van der Waals surface area (Å²) in [6.45, 7) is 1.53. The minimum atomic E-state index is 0.177. The molecular formula is C12H15IN4O. The Hall–Kier alpha value is -1.15. The van der Waals surface area contributed by atoms with Crippen molar-refractivity contribution in [2.24, 2.45) is 0 Å². The SMILES string of the molecule is OCCCn1cc(CNc2ccc(I)cc2)nn1. The highest BCUT2D eigenvalue weighted by Gasteiger charge is 2.00. The van der Waals surface area contributed by atoms with Crippen LogP contribution in [0.3, 0.4) is 0 Å². The fourth-order valence-corrected chi connectivity index (χ4v) is 1.88. The predicted molar refractivity (Wildman–Crippen MR) is 78.2 cm³/mol. The number of halogens is 1. The number of anilines is 1. The second-order valence-corrected chi connectivity index (χ2v) is 5.16. The number of benzene rings is 1. The monoisotopic (exact) mass is 358 g/mol. The summed E-state index contributed by atoms with van der Waals surface area (Å²) in [5, 5.41) is 20.1. The van der Waals surface area contributed by atoms with Gasteiger partial charge >= 0.3 is 0 Å². The Bertz CT molecular complexity index is 483. The van der Waals surface area contributed by atoms with E-state index in [0.29, 0.717) is 19.5 Å². The van der Waals surface area contributed by atoms with Crippen molar-refractivity contribution >= 4 is 28.3 Å². The van der Waals surface area contributed by atoms with E-state index >= 15 is 0 Å². The maximum absolute atomic E-state index is 8.73. The van der Waals surface area contributed by atoms with Crippen molar-refractivity contribution in [2.45, 2.75) is 19.5 Å². The summed E-state index contributed by atoms with van der Waals surface area (Å²) in [5.74, 6) is 0. The quantitative estimate of drug-likeness (QED) is 0.774. The molecule has 0 aliphatic heterocycles. The van der Waals surface area contributed by atoms with Gasteiger partial charge in [-0.05, 0) is 53.3 Å². The van der Waals surface area contributed by atoms with Gasteiger partial charge in [-0.1, -0.05) is 5.21 Å². The number of aliphatic hydroxyl groups excluding tert-OH is 1. The lowest BCUT2D eigenvalue weighted by atomic mass is 10.3. The van der Waals surface area contributed by atoms with Gasteiger partial charge in [-0.2, -0.15) is 0 Å². The molecule has 0 aliphatic carbocycles. The summed E-state index contributed by atoms with van der Waals surface area (Å²) >= 11 is 2.28. The molecule has 0 saturated carbocycles. The number of nitrogens with one attached hydrogen (secondary N) is 1. The first-order valence-corrected chi connectivity index (χ1v) is 6.85. The number of hydrogen-bond donors (Lipinski definition) is 2. The molecule has 2 rings (SSSR count). The van der Waals surface area contributed by atoms with Crippen molar-refractivity contribution in [3.8, 4) is 0 Å². The molecule has 1 aromatic heterocycles. The highest BCUT2D eigenvalue weighted by atomic mass is 127. The number of aliphatic hydroxyl groups is 1. The van der Waals surface area contributed by atoms with Gasteiger partial charge in [0.2, 0.25) is 0 Å². The Kier molecular flexibility index (Phi) is 4.94. The average Bonchev–Trinajstić information content (AvgIpc) is 2.84. The normalized spacial score (nSPS) is 10.6. The Morgan fingerprint density at radius 1 is 1.28 bits per heavy atom. The van der Waals surface area contributed by atoms with Crippen molar-refractivity contribution < 1.29 is 5.11 Å². The summed E-state index contributed by atoms with van der Waals surface area (Å²) in [4.78, 5) is 0. The molecule has 0 aliphatic rings. The van der Waals surface area contributed by atoms with Crippen LogP contribution in [0.1, 0.15) is 12.1 Å². The van der Waals surface area contributed by atoms with Crippen LogP contribution < -0.4 is 5.32 Å². The van der Waals surface area contributed by atoms with E-state index in [0.717, 1.165) is 11.4 Å². The summed E-state index contributed by atoms with van der Waals surface area (Å²) in [6.07, 6.45) is 2.60. The molecule has 96 valence electrons. The van der Waals surface area contributed by atoms with E-state index in [9.17, 15) is 0 Å². The van der Waals surface area contributed by atoms with Crippen LogP contribution in [-0.4, -0.2) is 26.7 Å². The summed E-state index contributed by atoms with van der Waals surface area (Å²) in [5.41, 5.74) is 1.96. The maximum Gasteiger partial charge on any atom is 0.102 e. The van der Waals surface area contributed by atoms with Gasteiger partial charge in [0.05, 0.1) is 12.7 Å². The number of aromatic nitrogens is 3. The van der Waals surface area contributed by atoms with Crippen LogP contribution in [0.5, 0.6) is 0 Å². The zero-order valence-corrected chi connectivity index (χ0v) is 12.0. The van der Waals surface area contributed by atoms with Gasteiger partial charge in [0.15, 0.2) is 0 Å². The van der Waals surface area contributed by atoms with Crippen LogP contribution in [-0.2, 0) is 13.1 Å². The molecule has 5 nitrogen and oxygen atoms in total. The minimum Gasteiger partial charge on any atom is -0.396 e. The molecule has 0 fully saturated rings. The molecule has 0 atom stereocenters. The van der Waals surface area contributed by atoms with Gasteiger partial charge in [0, 0.05) is 22.4 Å². The first kappa shape index (κ1) is 13.3. The van der Waals surface area contributed by atoms with Crippen LogP contribution >= 0.6 is 22.6 Å². The third-order valence-corrected chi connectivity index (χ3v) is 3.17. The fourth-order valence-electron chi connectivity index (χ4n) is 1.52. The van der Waals surface area contributed by atoms with E-state index < -0.39 is 0 Å². The Balaban J connectivity index is 1.86.